The molecule has 0 aliphatic carbocycles. The normalized spacial score (nSPS) is 11.5. The average Bonchev–Trinajstić information content (AvgIpc) is 2.89. The van der Waals surface area contributed by atoms with E-state index in [-0.39, 0.29) is 0 Å². The number of thiazole rings is 1. The minimum Gasteiger partial charge on any atom is -0.356 e. The molecule has 0 aliphatic rings. The minimum absolute atomic E-state index is 0.692. The molecular weight excluding hydrogens is 280 g/mol. The zero-order valence-corrected chi connectivity index (χ0v) is 13.7. The van der Waals surface area contributed by atoms with Crippen LogP contribution in [0.15, 0.2) is 41.5 Å². The van der Waals surface area contributed by atoms with E-state index in [1.807, 2.05) is 43.4 Å². The van der Waals surface area contributed by atoms with Crippen LogP contribution in [0.2, 0.25) is 0 Å². The maximum atomic E-state index is 4.64. The number of guanidine groups is 1. The number of benzene rings is 1. The van der Waals surface area contributed by atoms with E-state index in [4.69, 9.17) is 0 Å². The van der Waals surface area contributed by atoms with Gasteiger partial charge in [0.05, 0.1) is 11.6 Å². The lowest BCUT2D eigenvalue weighted by Gasteiger charge is -2.17. The topological polar surface area (TPSA) is 40.5 Å². The molecule has 0 bridgehead atoms. The van der Waals surface area contributed by atoms with Crippen molar-refractivity contribution < 1.29 is 0 Å². The Labute approximate surface area is 130 Å². The first-order valence-corrected chi connectivity index (χ1v) is 7.87. The second-order valence-corrected chi connectivity index (χ2v) is 6.38. The summed E-state index contributed by atoms with van der Waals surface area (Å²) in [5.41, 5.74) is 1.22. The van der Waals surface area contributed by atoms with Gasteiger partial charge in [-0.1, -0.05) is 30.3 Å². The fourth-order valence-corrected chi connectivity index (χ4v) is 2.69. The number of nitrogens with one attached hydrogen (secondary N) is 1. The summed E-state index contributed by atoms with van der Waals surface area (Å²) < 4.78 is 0. The fourth-order valence-electron chi connectivity index (χ4n) is 1.90. The zero-order valence-electron chi connectivity index (χ0n) is 12.8. The van der Waals surface area contributed by atoms with Gasteiger partial charge in [-0.2, -0.15) is 0 Å². The summed E-state index contributed by atoms with van der Waals surface area (Å²) in [4.78, 5) is 12.3. The van der Waals surface area contributed by atoms with Crippen LogP contribution < -0.4 is 5.32 Å². The maximum absolute atomic E-state index is 4.64. The molecule has 0 unspecified atom stereocenters. The highest BCUT2D eigenvalue weighted by Gasteiger charge is 2.03. The van der Waals surface area contributed by atoms with E-state index < -0.39 is 0 Å². The zero-order chi connectivity index (χ0) is 15.1. The van der Waals surface area contributed by atoms with Crippen LogP contribution >= 0.6 is 11.3 Å². The Morgan fingerprint density at radius 1 is 1.29 bits per heavy atom. The van der Waals surface area contributed by atoms with E-state index >= 15 is 0 Å². The second-order valence-electron chi connectivity index (χ2n) is 5.06. The Balaban J connectivity index is 1.87. The van der Waals surface area contributed by atoms with Gasteiger partial charge in [-0.15, -0.1) is 11.3 Å². The van der Waals surface area contributed by atoms with Gasteiger partial charge in [-0.3, -0.25) is 0 Å². The van der Waals surface area contributed by atoms with Crippen LogP contribution in [0.1, 0.15) is 15.4 Å². The largest absolute Gasteiger partial charge is 0.356 e. The highest BCUT2D eigenvalue weighted by Crippen LogP contribution is 2.11. The van der Waals surface area contributed by atoms with Crippen LogP contribution in [0, 0.1) is 6.92 Å². The molecule has 5 heteroatoms. The quantitative estimate of drug-likeness (QED) is 0.682. The molecule has 1 N–H and O–H groups in total. The Morgan fingerprint density at radius 3 is 2.67 bits per heavy atom. The summed E-state index contributed by atoms with van der Waals surface area (Å²) in [7, 11) is 4.01. The van der Waals surface area contributed by atoms with Crippen molar-refractivity contribution in [1.29, 1.82) is 0 Å². The molecule has 0 aliphatic heterocycles. The van der Waals surface area contributed by atoms with Crippen molar-refractivity contribution in [3.63, 3.8) is 0 Å². The van der Waals surface area contributed by atoms with E-state index in [2.05, 4.69) is 34.3 Å². The highest BCUT2D eigenvalue weighted by molar-refractivity contribution is 7.11. The number of hydrogen-bond acceptors (Lipinski definition) is 3. The molecule has 0 amide bonds. The molecule has 2 aromatic rings. The van der Waals surface area contributed by atoms with Gasteiger partial charge in [-0.05, 0) is 12.5 Å². The van der Waals surface area contributed by atoms with Crippen molar-refractivity contribution in [2.24, 2.45) is 4.99 Å². The van der Waals surface area contributed by atoms with Crippen molar-refractivity contribution in [3.05, 3.63) is 52.0 Å². The van der Waals surface area contributed by atoms with Crippen molar-refractivity contribution >= 4 is 17.3 Å². The van der Waals surface area contributed by atoms with E-state index in [0.717, 1.165) is 18.9 Å². The number of nitrogens with zero attached hydrogens (tertiary/aromatic N) is 3. The van der Waals surface area contributed by atoms with Crippen molar-refractivity contribution in [3.8, 4) is 0 Å². The standard InChI is InChI=1S/C16H22N4S/c1-13-11-18-15(21-13)9-10-17-16(20(2)3)19-12-14-7-5-4-6-8-14/h4-8,11H,9-10,12H2,1-3H3,(H,17,19). The van der Waals surface area contributed by atoms with Gasteiger partial charge < -0.3 is 10.2 Å². The van der Waals surface area contributed by atoms with Crippen LogP contribution in [-0.2, 0) is 13.0 Å². The van der Waals surface area contributed by atoms with Gasteiger partial charge in [0, 0.05) is 38.1 Å². The third kappa shape index (κ3) is 5.19. The third-order valence-electron chi connectivity index (χ3n) is 2.97. The Bertz CT molecular complexity index is 575. The maximum Gasteiger partial charge on any atom is 0.193 e. The summed E-state index contributed by atoms with van der Waals surface area (Å²) in [5.74, 6) is 0.909. The van der Waals surface area contributed by atoms with E-state index in [0.29, 0.717) is 6.54 Å². The van der Waals surface area contributed by atoms with Gasteiger partial charge in [0.25, 0.3) is 0 Å². The van der Waals surface area contributed by atoms with Gasteiger partial charge in [-0.25, -0.2) is 9.98 Å². The van der Waals surface area contributed by atoms with E-state index in [9.17, 15) is 0 Å². The SMILES string of the molecule is Cc1cnc(CCNC(=NCc2ccccc2)N(C)C)s1. The number of hydrogen-bond donors (Lipinski definition) is 1. The summed E-state index contributed by atoms with van der Waals surface area (Å²) in [6, 6.07) is 10.3. The van der Waals surface area contributed by atoms with E-state index in [1.54, 1.807) is 11.3 Å². The molecule has 0 spiro atoms. The van der Waals surface area contributed by atoms with Crippen LogP contribution in [0.25, 0.3) is 0 Å². The monoisotopic (exact) mass is 302 g/mol. The molecule has 0 saturated heterocycles. The average molecular weight is 302 g/mol. The predicted octanol–water partition coefficient (Wildman–Crippen LogP) is 2.70. The summed E-state index contributed by atoms with van der Waals surface area (Å²) >= 11 is 1.75. The molecule has 21 heavy (non-hydrogen) atoms. The summed E-state index contributed by atoms with van der Waals surface area (Å²) in [5, 5.41) is 4.56. The summed E-state index contributed by atoms with van der Waals surface area (Å²) in [6.45, 7) is 3.62. The Morgan fingerprint density at radius 2 is 2.05 bits per heavy atom. The van der Waals surface area contributed by atoms with Crippen molar-refractivity contribution in [1.82, 2.24) is 15.2 Å². The predicted molar refractivity (Wildman–Crippen MR) is 89.8 cm³/mol. The highest BCUT2D eigenvalue weighted by atomic mass is 32.1. The lowest BCUT2D eigenvalue weighted by molar-refractivity contribution is 0.579. The molecule has 1 aromatic heterocycles. The fraction of sp³-hybridized carbons (Fsp3) is 0.375. The molecule has 1 heterocycles. The number of aromatic nitrogens is 1. The van der Waals surface area contributed by atoms with Crippen LogP contribution in [0.3, 0.4) is 0 Å². The molecule has 112 valence electrons. The molecule has 0 saturated carbocycles. The third-order valence-corrected chi connectivity index (χ3v) is 3.94. The number of rotatable bonds is 5. The first-order valence-electron chi connectivity index (χ1n) is 7.06. The van der Waals surface area contributed by atoms with Gasteiger partial charge >= 0.3 is 0 Å². The molecule has 0 radical (unpaired) electrons. The van der Waals surface area contributed by atoms with Crippen LogP contribution in [0.5, 0.6) is 0 Å². The molecular formula is C16H22N4S. The summed E-state index contributed by atoms with van der Waals surface area (Å²) in [6.07, 6.45) is 2.85. The van der Waals surface area contributed by atoms with Gasteiger partial charge in [0.1, 0.15) is 0 Å². The molecule has 2 rings (SSSR count). The Kier molecular flexibility index (Phi) is 5.75. The molecule has 4 nitrogen and oxygen atoms in total. The first-order chi connectivity index (χ1) is 10.1. The van der Waals surface area contributed by atoms with Crippen LogP contribution in [-0.4, -0.2) is 36.5 Å². The number of aryl methyl sites for hydroxylation is 1. The first kappa shape index (κ1) is 15.5. The van der Waals surface area contributed by atoms with Crippen molar-refractivity contribution in [2.45, 2.75) is 19.9 Å². The lowest BCUT2D eigenvalue weighted by Crippen LogP contribution is -2.37. The smallest absolute Gasteiger partial charge is 0.193 e. The molecule has 0 atom stereocenters. The van der Waals surface area contributed by atoms with Gasteiger partial charge in [0.15, 0.2) is 5.96 Å². The minimum atomic E-state index is 0.692. The van der Waals surface area contributed by atoms with Crippen molar-refractivity contribution in [2.75, 3.05) is 20.6 Å². The van der Waals surface area contributed by atoms with Gasteiger partial charge in [0.2, 0.25) is 0 Å². The van der Waals surface area contributed by atoms with Crippen LogP contribution in [0.4, 0.5) is 0 Å². The Hall–Kier alpha value is -1.88. The molecule has 1 aromatic carbocycles. The lowest BCUT2D eigenvalue weighted by atomic mass is 10.2. The van der Waals surface area contributed by atoms with E-state index in [1.165, 1.54) is 15.4 Å². The number of aliphatic imine (C=N–C) groups is 1. The second kappa shape index (κ2) is 7.78. The molecule has 0 fully saturated rings.